The highest BCUT2D eigenvalue weighted by Gasteiger charge is 2.11. The average Bonchev–Trinajstić information content (AvgIpc) is 2.82. The first-order chi connectivity index (χ1) is 16.2. The molecule has 0 aliphatic rings. The van der Waals surface area contributed by atoms with Crippen molar-refractivity contribution in [1.29, 1.82) is 0 Å². The predicted octanol–water partition coefficient (Wildman–Crippen LogP) is 6.02. The van der Waals surface area contributed by atoms with Crippen molar-refractivity contribution in [2.45, 2.75) is 40.5 Å². The first-order valence-corrected chi connectivity index (χ1v) is 11.1. The van der Waals surface area contributed by atoms with Crippen LogP contribution in [0, 0.1) is 0 Å². The van der Waals surface area contributed by atoms with Gasteiger partial charge < -0.3 is 13.9 Å². The lowest BCUT2D eigenvalue weighted by molar-refractivity contribution is -0.139. The van der Waals surface area contributed by atoms with E-state index < -0.39 is 17.6 Å². The topological polar surface area (TPSA) is 82.8 Å². The SMILES string of the molecule is C=C(C)C(=O)OCCCc1ccc2cc(-c3ccc(OC(=O)C(=C)C)cc3)c(=O)oc2c1.CC. The summed E-state index contributed by atoms with van der Waals surface area (Å²) < 4.78 is 15.8. The second kappa shape index (κ2) is 12.3. The molecule has 1 aromatic heterocycles. The Bertz CT molecular complexity index is 1250. The summed E-state index contributed by atoms with van der Waals surface area (Å²) in [6, 6.07) is 14.1. The van der Waals surface area contributed by atoms with Crippen molar-refractivity contribution in [3.63, 3.8) is 0 Å². The molecule has 3 rings (SSSR count). The normalized spacial score (nSPS) is 10.1. The number of hydrogen-bond donors (Lipinski definition) is 0. The van der Waals surface area contributed by atoms with E-state index in [4.69, 9.17) is 13.9 Å². The molecule has 34 heavy (non-hydrogen) atoms. The number of rotatable bonds is 8. The van der Waals surface area contributed by atoms with Gasteiger partial charge in [-0.2, -0.15) is 0 Å². The van der Waals surface area contributed by atoms with Gasteiger partial charge in [0.1, 0.15) is 11.3 Å². The zero-order valence-corrected chi connectivity index (χ0v) is 20.1. The fraction of sp³-hybridized carbons (Fsp3) is 0.250. The van der Waals surface area contributed by atoms with Crippen molar-refractivity contribution in [2.75, 3.05) is 6.61 Å². The number of aryl methyl sites for hydroxylation is 1. The molecule has 0 radical (unpaired) electrons. The van der Waals surface area contributed by atoms with E-state index in [1.54, 1.807) is 44.2 Å². The molecule has 0 saturated heterocycles. The van der Waals surface area contributed by atoms with Gasteiger partial charge in [0.2, 0.25) is 0 Å². The molecule has 0 atom stereocenters. The van der Waals surface area contributed by atoms with E-state index in [1.807, 2.05) is 32.0 Å². The Kier molecular flexibility index (Phi) is 9.56. The summed E-state index contributed by atoms with van der Waals surface area (Å²) >= 11 is 0. The minimum atomic E-state index is -0.507. The van der Waals surface area contributed by atoms with Crippen LogP contribution in [0.3, 0.4) is 0 Å². The number of carbonyl (C=O) groups is 2. The van der Waals surface area contributed by atoms with E-state index in [0.29, 0.717) is 53.1 Å². The monoisotopic (exact) mass is 462 g/mol. The van der Waals surface area contributed by atoms with Crippen LogP contribution in [0.1, 0.15) is 39.7 Å². The van der Waals surface area contributed by atoms with Crippen LogP contribution in [0.15, 0.2) is 82.0 Å². The Hall–Kier alpha value is -3.93. The summed E-state index contributed by atoms with van der Waals surface area (Å²) in [6.07, 6.45) is 1.32. The van der Waals surface area contributed by atoms with Crippen LogP contribution in [-0.2, 0) is 20.7 Å². The van der Waals surface area contributed by atoms with Crippen LogP contribution in [-0.4, -0.2) is 18.5 Å². The Balaban J connectivity index is 0.00000199. The summed E-state index contributed by atoms with van der Waals surface area (Å²) in [5.41, 5.74) is 2.74. The van der Waals surface area contributed by atoms with Crippen LogP contribution in [0.5, 0.6) is 5.75 Å². The zero-order valence-electron chi connectivity index (χ0n) is 20.1. The molecule has 6 heteroatoms. The first kappa shape index (κ1) is 26.3. The first-order valence-electron chi connectivity index (χ1n) is 11.1. The lowest BCUT2D eigenvalue weighted by Gasteiger charge is -2.07. The molecule has 0 unspecified atom stereocenters. The fourth-order valence-corrected chi connectivity index (χ4v) is 2.97. The highest BCUT2D eigenvalue weighted by atomic mass is 16.5. The van der Waals surface area contributed by atoms with Crippen molar-refractivity contribution in [1.82, 2.24) is 0 Å². The third kappa shape index (κ3) is 7.04. The molecule has 0 aliphatic heterocycles. The predicted molar refractivity (Wildman–Crippen MR) is 134 cm³/mol. The van der Waals surface area contributed by atoms with E-state index in [9.17, 15) is 14.4 Å². The number of esters is 2. The third-order valence-corrected chi connectivity index (χ3v) is 4.72. The minimum Gasteiger partial charge on any atom is -0.462 e. The Morgan fingerprint density at radius 3 is 2.18 bits per heavy atom. The average molecular weight is 463 g/mol. The van der Waals surface area contributed by atoms with E-state index in [1.165, 1.54) is 0 Å². The quantitative estimate of drug-likeness (QED) is 0.134. The molecular formula is C28H30O6. The molecule has 0 amide bonds. The van der Waals surface area contributed by atoms with Crippen LogP contribution in [0.2, 0.25) is 0 Å². The van der Waals surface area contributed by atoms with Crippen molar-refractivity contribution in [3.8, 4) is 16.9 Å². The van der Waals surface area contributed by atoms with Crippen molar-refractivity contribution < 1.29 is 23.5 Å². The second-order valence-corrected chi connectivity index (χ2v) is 7.53. The van der Waals surface area contributed by atoms with Gasteiger partial charge in [-0.25, -0.2) is 14.4 Å². The van der Waals surface area contributed by atoms with Gasteiger partial charge in [0.05, 0.1) is 12.2 Å². The molecular weight excluding hydrogens is 432 g/mol. The van der Waals surface area contributed by atoms with Gasteiger partial charge in [0.15, 0.2) is 0 Å². The summed E-state index contributed by atoms with van der Waals surface area (Å²) in [4.78, 5) is 35.6. The molecule has 0 spiro atoms. The number of hydrogen-bond acceptors (Lipinski definition) is 6. The van der Waals surface area contributed by atoms with Gasteiger partial charge in [-0.05, 0) is 62.1 Å². The Morgan fingerprint density at radius 1 is 0.912 bits per heavy atom. The van der Waals surface area contributed by atoms with Crippen LogP contribution < -0.4 is 10.4 Å². The van der Waals surface area contributed by atoms with Crippen molar-refractivity contribution >= 4 is 22.9 Å². The van der Waals surface area contributed by atoms with Crippen LogP contribution in [0.25, 0.3) is 22.1 Å². The summed E-state index contributed by atoms with van der Waals surface area (Å²) in [6.45, 7) is 14.6. The highest BCUT2D eigenvalue weighted by molar-refractivity contribution is 5.89. The molecule has 6 nitrogen and oxygen atoms in total. The van der Waals surface area contributed by atoms with Crippen LogP contribution >= 0.6 is 0 Å². The van der Waals surface area contributed by atoms with E-state index >= 15 is 0 Å². The summed E-state index contributed by atoms with van der Waals surface area (Å²) in [5, 5.41) is 0.787. The molecule has 0 N–H and O–H groups in total. The molecule has 0 saturated carbocycles. The smallest absolute Gasteiger partial charge is 0.344 e. The van der Waals surface area contributed by atoms with E-state index in [2.05, 4.69) is 13.2 Å². The molecule has 0 bridgehead atoms. The van der Waals surface area contributed by atoms with Gasteiger partial charge in [-0.1, -0.05) is 51.3 Å². The Morgan fingerprint density at radius 2 is 1.56 bits per heavy atom. The molecule has 178 valence electrons. The molecule has 3 aromatic rings. The van der Waals surface area contributed by atoms with Crippen molar-refractivity contribution in [2.24, 2.45) is 0 Å². The highest BCUT2D eigenvalue weighted by Crippen LogP contribution is 2.24. The second-order valence-electron chi connectivity index (χ2n) is 7.53. The molecule has 2 aromatic carbocycles. The molecule has 0 aliphatic carbocycles. The van der Waals surface area contributed by atoms with E-state index in [0.717, 1.165) is 10.9 Å². The standard InChI is InChI=1S/C26H24O6.C2H6/c1-16(2)24(27)30-13-5-6-18-7-8-20-15-22(26(29)32-23(20)14-18)19-9-11-21(12-10-19)31-25(28)17(3)4;1-2/h7-12,14-15H,1,3,5-6,13H2,2,4H3;1-2H3. The van der Waals surface area contributed by atoms with Gasteiger partial charge in [0.25, 0.3) is 0 Å². The van der Waals surface area contributed by atoms with Gasteiger partial charge in [0, 0.05) is 16.5 Å². The largest absolute Gasteiger partial charge is 0.462 e. The molecule has 0 fully saturated rings. The third-order valence-electron chi connectivity index (χ3n) is 4.72. The van der Waals surface area contributed by atoms with E-state index in [-0.39, 0.29) is 0 Å². The summed E-state index contributed by atoms with van der Waals surface area (Å²) in [5.74, 6) is -0.540. The number of ether oxygens (including phenoxy) is 2. The number of carbonyl (C=O) groups excluding carboxylic acids is 2. The van der Waals surface area contributed by atoms with Gasteiger partial charge in [-0.3, -0.25) is 0 Å². The summed E-state index contributed by atoms with van der Waals surface area (Å²) in [7, 11) is 0. The maximum absolute atomic E-state index is 12.6. The maximum atomic E-state index is 12.6. The lowest BCUT2D eigenvalue weighted by atomic mass is 10.0. The fourth-order valence-electron chi connectivity index (χ4n) is 2.97. The van der Waals surface area contributed by atoms with Gasteiger partial charge in [-0.15, -0.1) is 0 Å². The molecule has 1 heterocycles. The van der Waals surface area contributed by atoms with Gasteiger partial charge >= 0.3 is 17.6 Å². The zero-order chi connectivity index (χ0) is 25.3. The maximum Gasteiger partial charge on any atom is 0.344 e. The number of fused-ring (bicyclic) bond motifs is 1. The minimum absolute atomic E-state index is 0.296. The number of benzene rings is 2. The lowest BCUT2D eigenvalue weighted by Crippen LogP contribution is -2.08. The van der Waals surface area contributed by atoms with Crippen molar-refractivity contribution in [3.05, 3.63) is 88.8 Å². The Labute approximate surface area is 199 Å². The van der Waals surface area contributed by atoms with Crippen LogP contribution in [0.4, 0.5) is 0 Å².